The van der Waals surface area contributed by atoms with Gasteiger partial charge in [0.05, 0.1) is 5.60 Å². The molecule has 0 aromatic rings. The second-order valence-corrected chi connectivity index (χ2v) is 2.33. The third kappa shape index (κ3) is 0.644. The molecule has 1 rings (SSSR count). The normalized spacial score (nSPS) is 39.4. The van der Waals surface area contributed by atoms with Gasteiger partial charge in [0.2, 0.25) is 0 Å². The van der Waals surface area contributed by atoms with Crippen LogP contribution in [0, 0.1) is 6.10 Å². The summed E-state index contributed by atoms with van der Waals surface area (Å²) < 4.78 is 0. The van der Waals surface area contributed by atoms with Crippen LogP contribution in [-0.4, -0.2) is 15.8 Å². The molecule has 0 aromatic heterocycles. The highest BCUT2D eigenvalue weighted by Crippen LogP contribution is 2.40. The maximum atomic E-state index is 9.20. The zero-order valence-corrected chi connectivity index (χ0v) is 5.02. The van der Waals surface area contributed by atoms with Crippen LogP contribution in [0.3, 0.4) is 0 Å². The van der Waals surface area contributed by atoms with Gasteiger partial charge in [-0.2, -0.15) is 0 Å². The monoisotopic (exact) mass is 115 g/mol. The molecule has 1 aliphatic carbocycles. The molecule has 47 valence electrons. The first-order valence-electron chi connectivity index (χ1n) is 2.96. The number of aliphatic hydroxyl groups excluding tert-OH is 1. The van der Waals surface area contributed by atoms with E-state index in [0.717, 1.165) is 6.42 Å². The molecule has 0 bridgehead atoms. The third-order valence-corrected chi connectivity index (χ3v) is 1.90. The van der Waals surface area contributed by atoms with Crippen molar-refractivity contribution in [2.75, 3.05) is 0 Å². The Morgan fingerprint density at radius 2 is 2.38 bits per heavy atom. The molecule has 1 atom stereocenters. The molecule has 0 saturated heterocycles. The summed E-state index contributed by atoms with van der Waals surface area (Å²) in [5.74, 6) is 0. The van der Waals surface area contributed by atoms with Gasteiger partial charge < -0.3 is 10.2 Å². The second-order valence-electron chi connectivity index (χ2n) is 2.33. The van der Waals surface area contributed by atoms with Crippen molar-refractivity contribution in [2.24, 2.45) is 0 Å². The van der Waals surface area contributed by atoms with Gasteiger partial charge in [0, 0.05) is 0 Å². The van der Waals surface area contributed by atoms with E-state index < -0.39 is 5.60 Å². The van der Waals surface area contributed by atoms with Gasteiger partial charge in [0.15, 0.2) is 0 Å². The molecule has 1 unspecified atom stereocenters. The summed E-state index contributed by atoms with van der Waals surface area (Å²) in [6.45, 7) is 1.87. The Balaban J connectivity index is 2.42. The molecule has 0 amide bonds. The highest BCUT2D eigenvalue weighted by molar-refractivity contribution is 5.09. The molecule has 0 heterocycles. The van der Waals surface area contributed by atoms with Crippen molar-refractivity contribution in [3.63, 3.8) is 0 Å². The quantitative estimate of drug-likeness (QED) is 0.531. The summed E-state index contributed by atoms with van der Waals surface area (Å²) in [7, 11) is 0. The van der Waals surface area contributed by atoms with Crippen LogP contribution in [0.2, 0.25) is 0 Å². The van der Waals surface area contributed by atoms with Gasteiger partial charge >= 0.3 is 0 Å². The lowest BCUT2D eigenvalue weighted by atomic mass is 9.75. The van der Waals surface area contributed by atoms with Gasteiger partial charge in [-0.15, -0.1) is 0 Å². The topological polar surface area (TPSA) is 40.5 Å². The van der Waals surface area contributed by atoms with Crippen LogP contribution < -0.4 is 0 Å². The molecule has 2 N–H and O–H groups in total. The molecule has 8 heavy (non-hydrogen) atoms. The number of rotatable bonds is 1. The lowest BCUT2D eigenvalue weighted by Crippen LogP contribution is -2.44. The maximum absolute atomic E-state index is 9.20. The number of hydrogen-bond acceptors (Lipinski definition) is 2. The molecular formula is C6H11O2. The SMILES string of the molecule is CCC1(O)CC[C]1O. The summed E-state index contributed by atoms with van der Waals surface area (Å²) in [4.78, 5) is 0. The maximum Gasteiger partial charge on any atom is 0.125 e. The zero-order valence-electron chi connectivity index (χ0n) is 5.02. The van der Waals surface area contributed by atoms with Crippen molar-refractivity contribution in [3.8, 4) is 0 Å². The Hall–Kier alpha value is -0.0800. The standard InChI is InChI=1S/C6H11O2/c1-2-6(8)4-3-5(6)7/h7-8H,2-4H2,1H3. The van der Waals surface area contributed by atoms with E-state index in [0.29, 0.717) is 12.8 Å². The molecule has 1 aliphatic rings. The molecule has 2 nitrogen and oxygen atoms in total. The van der Waals surface area contributed by atoms with E-state index in [1.165, 1.54) is 0 Å². The molecule has 1 saturated carbocycles. The summed E-state index contributed by atoms with van der Waals surface area (Å²) in [6.07, 6.45) is 2.32. The fourth-order valence-electron chi connectivity index (χ4n) is 0.906. The summed E-state index contributed by atoms with van der Waals surface area (Å²) in [5, 5.41) is 18.0. The van der Waals surface area contributed by atoms with Gasteiger partial charge in [0.1, 0.15) is 6.10 Å². The van der Waals surface area contributed by atoms with E-state index in [2.05, 4.69) is 0 Å². The molecule has 1 radical (unpaired) electrons. The average molecular weight is 115 g/mol. The highest BCUT2D eigenvalue weighted by atomic mass is 16.3. The van der Waals surface area contributed by atoms with Crippen molar-refractivity contribution in [3.05, 3.63) is 6.10 Å². The second kappa shape index (κ2) is 1.71. The molecule has 0 aromatic carbocycles. The largest absolute Gasteiger partial charge is 0.387 e. The Bertz CT molecular complexity index is 88.5. The minimum absolute atomic E-state index is 0.264. The zero-order chi connectivity index (χ0) is 6.20. The first-order valence-corrected chi connectivity index (χ1v) is 2.96. The van der Waals surface area contributed by atoms with Crippen molar-refractivity contribution < 1.29 is 10.2 Å². The summed E-state index contributed by atoms with van der Waals surface area (Å²) in [5.41, 5.74) is -0.806. The third-order valence-electron chi connectivity index (χ3n) is 1.90. The van der Waals surface area contributed by atoms with Crippen molar-refractivity contribution in [1.29, 1.82) is 0 Å². The Labute approximate surface area is 49.1 Å². The average Bonchev–Trinajstić information content (AvgIpc) is 1.83. The number of aliphatic hydroxyl groups is 2. The first kappa shape index (κ1) is 6.05. The predicted molar refractivity (Wildman–Crippen MR) is 29.7 cm³/mol. The minimum atomic E-state index is -0.806. The molecule has 0 aliphatic heterocycles. The fourth-order valence-corrected chi connectivity index (χ4v) is 0.906. The molecule has 0 spiro atoms. The van der Waals surface area contributed by atoms with Gasteiger partial charge in [-0.1, -0.05) is 6.92 Å². The van der Waals surface area contributed by atoms with E-state index in [4.69, 9.17) is 5.11 Å². The van der Waals surface area contributed by atoms with Crippen molar-refractivity contribution >= 4 is 0 Å². The van der Waals surface area contributed by atoms with Crippen LogP contribution in [0.25, 0.3) is 0 Å². The van der Waals surface area contributed by atoms with E-state index in [1.807, 2.05) is 6.92 Å². The lowest BCUT2D eigenvalue weighted by molar-refractivity contribution is -0.0770. The van der Waals surface area contributed by atoms with Gasteiger partial charge in [-0.05, 0) is 19.3 Å². The summed E-state index contributed by atoms with van der Waals surface area (Å²) in [6, 6.07) is 0. The van der Waals surface area contributed by atoms with Crippen molar-refractivity contribution in [2.45, 2.75) is 31.8 Å². The Kier molecular flexibility index (Phi) is 1.29. The first-order chi connectivity index (χ1) is 3.69. The van der Waals surface area contributed by atoms with Gasteiger partial charge in [0.25, 0.3) is 0 Å². The minimum Gasteiger partial charge on any atom is -0.387 e. The van der Waals surface area contributed by atoms with Crippen LogP contribution >= 0.6 is 0 Å². The van der Waals surface area contributed by atoms with E-state index in [-0.39, 0.29) is 6.10 Å². The Morgan fingerprint density at radius 1 is 1.75 bits per heavy atom. The van der Waals surface area contributed by atoms with Crippen LogP contribution in [0.5, 0.6) is 0 Å². The van der Waals surface area contributed by atoms with Crippen molar-refractivity contribution in [1.82, 2.24) is 0 Å². The van der Waals surface area contributed by atoms with Crippen LogP contribution in [0.15, 0.2) is 0 Å². The summed E-state index contributed by atoms with van der Waals surface area (Å²) >= 11 is 0. The van der Waals surface area contributed by atoms with E-state index in [9.17, 15) is 5.11 Å². The fraction of sp³-hybridized carbons (Fsp3) is 0.833. The van der Waals surface area contributed by atoms with E-state index >= 15 is 0 Å². The molecule has 1 fully saturated rings. The lowest BCUT2D eigenvalue weighted by Gasteiger charge is -2.40. The highest BCUT2D eigenvalue weighted by Gasteiger charge is 2.43. The molecular weight excluding hydrogens is 104 g/mol. The number of hydrogen-bond donors (Lipinski definition) is 2. The van der Waals surface area contributed by atoms with E-state index in [1.54, 1.807) is 0 Å². The van der Waals surface area contributed by atoms with Crippen LogP contribution in [-0.2, 0) is 0 Å². The van der Waals surface area contributed by atoms with Gasteiger partial charge in [-0.25, -0.2) is 0 Å². The molecule has 2 heteroatoms. The van der Waals surface area contributed by atoms with Crippen LogP contribution in [0.1, 0.15) is 26.2 Å². The van der Waals surface area contributed by atoms with Crippen LogP contribution in [0.4, 0.5) is 0 Å². The van der Waals surface area contributed by atoms with Gasteiger partial charge in [-0.3, -0.25) is 0 Å². The predicted octanol–water partition coefficient (Wildman–Crippen LogP) is 0.826. The smallest absolute Gasteiger partial charge is 0.125 e. The Morgan fingerprint density at radius 3 is 2.38 bits per heavy atom.